The summed E-state index contributed by atoms with van der Waals surface area (Å²) in [4.78, 5) is 25.2. The number of hydrogen-bond acceptors (Lipinski definition) is 6. The van der Waals surface area contributed by atoms with Crippen molar-refractivity contribution in [3.63, 3.8) is 0 Å². The highest BCUT2D eigenvalue weighted by atomic mass is 32.1. The van der Waals surface area contributed by atoms with Crippen LogP contribution in [0.4, 0.5) is 5.13 Å². The van der Waals surface area contributed by atoms with E-state index in [9.17, 15) is 9.59 Å². The average molecular weight is 391 g/mol. The van der Waals surface area contributed by atoms with E-state index in [1.54, 1.807) is 24.3 Å². The Morgan fingerprint density at radius 1 is 1.11 bits per heavy atom. The number of aromatic nitrogens is 2. The van der Waals surface area contributed by atoms with E-state index < -0.39 is 6.04 Å². The maximum atomic E-state index is 12.6. The monoisotopic (exact) mass is 390 g/mol. The predicted molar refractivity (Wildman–Crippen MR) is 106 cm³/mol. The molecule has 0 radical (unpaired) electrons. The first kappa shape index (κ1) is 20.8. The second-order valence-electron chi connectivity index (χ2n) is 6.74. The minimum absolute atomic E-state index is 0.0888. The predicted octanol–water partition coefficient (Wildman–Crippen LogP) is 3.45. The fraction of sp³-hybridized carbons (Fsp3) is 0.474. The van der Waals surface area contributed by atoms with E-state index in [-0.39, 0.29) is 23.7 Å². The van der Waals surface area contributed by atoms with Gasteiger partial charge >= 0.3 is 0 Å². The number of nitrogens with zero attached hydrogens (tertiary/aromatic N) is 2. The summed E-state index contributed by atoms with van der Waals surface area (Å²) in [5, 5.41) is 14.9. The zero-order valence-corrected chi connectivity index (χ0v) is 17.1. The number of hydrogen-bond donors (Lipinski definition) is 2. The van der Waals surface area contributed by atoms with Gasteiger partial charge in [0, 0.05) is 11.5 Å². The SMILES string of the molecule is CCOc1ccc(C(=O)N[C@H](C(=O)Nc2nnc(C(C)C)s2)C(C)C)cc1. The van der Waals surface area contributed by atoms with Crippen molar-refractivity contribution in [2.24, 2.45) is 5.92 Å². The van der Waals surface area contributed by atoms with Crippen molar-refractivity contribution in [1.29, 1.82) is 0 Å². The first-order valence-corrected chi connectivity index (χ1v) is 9.81. The first-order valence-electron chi connectivity index (χ1n) is 8.99. The van der Waals surface area contributed by atoms with E-state index in [2.05, 4.69) is 20.8 Å². The van der Waals surface area contributed by atoms with Crippen LogP contribution in [0.15, 0.2) is 24.3 Å². The van der Waals surface area contributed by atoms with E-state index in [1.807, 2.05) is 34.6 Å². The van der Waals surface area contributed by atoms with Gasteiger partial charge < -0.3 is 10.1 Å². The molecule has 2 rings (SSSR count). The Morgan fingerprint density at radius 3 is 2.30 bits per heavy atom. The van der Waals surface area contributed by atoms with Gasteiger partial charge in [-0.25, -0.2) is 0 Å². The highest BCUT2D eigenvalue weighted by Gasteiger charge is 2.26. The number of amides is 2. The van der Waals surface area contributed by atoms with Crippen LogP contribution in [-0.2, 0) is 4.79 Å². The molecule has 2 N–H and O–H groups in total. The molecule has 0 fully saturated rings. The molecule has 8 heteroatoms. The van der Waals surface area contributed by atoms with Crippen molar-refractivity contribution in [3.8, 4) is 5.75 Å². The lowest BCUT2D eigenvalue weighted by molar-refractivity contribution is -0.118. The maximum absolute atomic E-state index is 12.6. The summed E-state index contributed by atoms with van der Waals surface area (Å²) >= 11 is 1.34. The van der Waals surface area contributed by atoms with Crippen LogP contribution in [0.5, 0.6) is 5.75 Å². The molecule has 2 aromatic rings. The van der Waals surface area contributed by atoms with E-state index >= 15 is 0 Å². The second kappa shape index (κ2) is 9.45. The summed E-state index contributed by atoms with van der Waals surface area (Å²) in [6.07, 6.45) is 0. The van der Waals surface area contributed by atoms with Gasteiger partial charge in [0.15, 0.2) is 0 Å². The maximum Gasteiger partial charge on any atom is 0.251 e. The Bertz CT molecular complexity index is 772. The normalized spacial score (nSPS) is 12.1. The first-order chi connectivity index (χ1) is 12.8. The standard InChI is InChI=1S/C19H26N4O3S/c1-6-26-14-9-7-13(8-10-14)16(24)20-15(11(2)3)17(25)21-19-23-22-18(27-19)12(4)5/h7-12,15H,6H2,1-5H3,(H,20,24)(H,21,23,25)/t15-/m0/s1. The number of carbonyl (C=O) groups is 2. The molecule has 2 amide bonds. The van der Waals surface area contributed by atoms with E-state index in [0.29, 0.717) is 23.1 Å². The molecule has 0 bridgehead atoms. The molecule has 0 spiro atoms. The Balaban J connectivity index is 2.04. The van der Waals surface area contributed by atoms with Gasteiger partial charge in [-0.1, -0.05) is 39.0 Å². The fourth-order valence-corrected chi connectivity index (χ4v) is 3.08. The molecule has 1 heterocycles. The van der Waals surface area contributed by atoms with Gasteiger partial charge in [-0.05, 0) is 37.1 Å². The smallest absolute Gasteiger partial charge is 0.251 e. The van der Waals surface area contributed by atoms with Crippen LogP contribution in [0, 0.1) is 5.92 Å². The van der Waals surface area contributed by atoms with Crippen molar-refractivity contribution >= 4 is 28.3 Å². The molecule has 1 aromatic carbocycles. The quantitative estimate of drug-likeness (QED) is 0.720. The molecule has 0 unspecified atom stereocenters. The Labute approximate surface area is 163 Å². The highest BCUT2D eigenvalue weighted by molar-refractivity contribution is 7.15. The lowest BCUT2D eigenvalue weighted by atomic mass is 10.0. The van der Waals surface area contributed by atoms with Crippen molar-refractivity contribution in [1.82, 2.24) is 15.5 Å². The lowest BCUT2D eigenvalue weighted by Crippen LogP contribution is -2.47. The van der Waals surface area contributed by atoms with Crippen LogP contribution in [-0.4, -0.2) is 34.7 Å². The zero-order valence-electron chi connectivity index (χ0n) is 16.3. The topological polar surface area (TPSA) is 93.2 Å². The Kier molecular flexibility index (Phi) is 7.29. The average Bonchev–Trinajstić information content (AvgIpc) is 3.08. The molecular weight excluding hydrogens is 364 g/mol. The van der Waals surface area contributed by atoms with E-state index in [1.165, 1.54) is 11.3 Å². The van der Waals surface area contributed by atoms with Crippen LogP contribution in [0.2, 0.25) is 0 Å². The highest BCUT2D eigenvalue weighted by Crippen LogP contribution is 2.22. The molecule has 27 heavy (non-hydrogen) atoms. The summed E-state index contributed by atoms with van der Waals surface area (Å²) in [6.45, 7) is 10.2. The number of rotatable bonds is 8. The van der Waals surface area contributed by atoms with E-state index in [0.717, 1.165) is 5.01 Å². The summed E-state index contributed by atoms with van der Waals surface area (Å²) in [7, 11) is 0. The second-order valence-corrected chi connectivity index (χ2v) is 7.75. The molecule has 0 aliphatic carbocycles. The third kappa shape index (κ3) is 5.75. The molecule has 1 atom stereocenters. The van der Waals surface area contributed by atoms with Crippen LogP contribution >= 0.6 is 11.3 Å². The van der Waals surface area contributed by atoms with Crippen LogP contribution in [0.25, 0.3) is 0 Å². The van der Waals surface area contributed by atoms with Gasteiger partial charge in [0.25, 0.3) is 5.91 Å². The summed E-state index contributed by atoms with van der Waals surface area (Å²) in [5.74, 6) is 0.231. The van der Waals surface area contributed by atoms with Crippen LogP contribution in [0.1, 0.15) is 55.9 Å². The van der Waals surface area contributed by atoms with Gasteiger partial charge in [0.1, 0.15) is 16.8 Å². The fourth-order valence-electron chi connectivity index (χ4n) is 2.33. The Morgan fingerprint density at radius 2 is 1.78 bits per heavy atom. The minimum atomic E-state index is -0.685. The number of anilines is 1. The lowest BCUT2D eigenvalue weighted by Gasteiger charge is -2.21. The third-order valence-electron chi connectivity index (χ3n) is 3.83. The molecule has 0 saturated carbocycles. The van der Waals surface area contributed by atoms with Crippen molar-refractivity contribution < 1.29 is 14.3 Å². The van der Waals surface area contributed by atoms with Gasteiger partial charge in [-0.15, -0.1) is 10.2 Å². The summed E-state index contributed by atoms with van der Waals surface area (Å²) in [6, 6.07) is 6.13. The molecule has 146 valence electrons. The summed E-state index contributed by atoms with van der Waals surface area (Å²) in [5.41, 5.74) is 0.468. The number of benzene rings is 1. The molecule has 7 nitrogen and oxygen atoms in total. The Hall–Kier alpha value is -2.48. The molecule has 1 aromatic heterocycles. The van der Waals surface area contributed by atoms with Gasteiger partial charge in [-0.3, -0.25) is 14.9 Å². The van der Waals surface area contributed by atoms with Crippen LogP contribution < -0.4 is 15.4 Å². The molecular formula is C19H26N4O3S. The number of nitrogens with one attached hydrogen (secondary N) is 2. The molecule has 0 aliphatic heterocycles. The minimum Gasteiger partial charge on any atom is -0.494 e. The summed E-state index contributed by atoms with van der Waals surface area (Å²) < 4.78 is 5.38. The third-order valence-corrected chi connectivity index (χ3v) is 4.97. The van der Waals surface area contributed by atoms with Crippen molar-refractivity contribution in [2.45, 2.75) is 46.6 Å². The van der Waals surface area contributed by atoms with Crippen molar-refractivity contribution in [2.75, 3.05) is 11.9 Å². The van der Waals surface area contributed by atoms with E-state index in [4.69, 9.17) is 4.74 Å². The van der Waals surface area contributed by atoms with Gasteiger partial charge in [0.2, 0.25) is 11.0 Å². The number of carbonyl (C=O) groups excluding carboxylic acids is 2. The van der Waals surface area contributed by atoms with Crippen LogP contribution in [0.3, 0.4) is 0 Å². The number of ether oxygens (including phenoxy) is 1. The molecule has 0 aliphatic rings. The van der Waals surface area contributed by atoms with Gasteiger partial charge in [0.05, 0.1) is 6.61 Å². The van der Waals surface area contributed by atoms with Crippen molar-refractivity contribution in [3.05, 3.63) is 34.8 Å². The van der Waals surface area contributed by atoms with Gasteiger partial charge in [-0.2, -0.15) is 0 Å². The molecule has 0 saturated heterocycles. The largest absolute Gasteiger partial charge is 0.494 e. The zero-order chi connectivity index (χ0) is 20.0.